The molecule has 0 saturated heterocycles. The lowest BCUT2D eigenvalue weighted by atomic mass is 10.4. The fraction of sp³-hybridized carbons (Fsp3) is 0.300. The maximum atomic E-state index is 11.7. The van der Waals surface area contributed by atoms with Crippen LogP contribution in [0.15, 0.2) is 24.1 Å². The van der Waals surface area contributed by atoms with Crippen LogP contribution in [0.5, 0.6) is 5.75 Å². The monoisotopic (exact) mass is 227 g/mol. The number of thiophene rings is 1. The third-order valence-corrected chi connectivity index (χ3v) is 2.62. The summed E-state index contributed by atoms with van der Waals surface area (Å²) < 4.78 is 5.33. The van der Waals surface area contributed by atoms with Crippen molar-refractivity contribution in [1.29, 1.82) is 0 Å². The van der Waals surface area contributed by atoms with E-state index in [0.717, 1.165) is 5.06 Å². The second-order valence-electron chi connectivity index (χ2n) is 2.70. The highest BCUT2D eigenvalue weighted by Crippen LogP contribution is 2.26. The highest BCUT2D eigenvalue weighted by Gasteiger charge is 2.18. The second-order valence-corrected chi connectivity index (χ2v) is 3.61. The summed E-state index contributed by atoms with van der Waals surface area (Å²) in [4.78, 5) is 17.1. The predicted molar refractivity (Wildman–Crippen MR) is 59.1 cm³/mol. The minimum Gasteiger partial charge on any atom is -0.488 e. The van der Waals surface area contributed by atoms with Gasteiger partial charge in [0.1, 0.15) is 17.2 Å². The smallest absolute Gasteiger partial charge is 0.291 e. The molecule has 1 heterocycles. The van der Waals surface area contributed by atoms with Gasteiger partial charge in [-0.3, -0.25) is 9.63 Å². The molecule has 0 N–H and O–H groups in total. The Morgan fingerprint density at radius 1 is 1.73 bits per heavy atom. The van der Waals surface area contributed by atoms with Gasteiger partial charge in [0.25, 0.3) is 5.91 Å². The molecule has 4 nitrogen and oxygen atoms in total. The van der Waals surface area contributed by atoms with Crippen molar-refractivity contribution in [3.05, 3.63) is 29.0 Å². The zero-order valence-corrected chi connectivity index (χ0v) is 9.54. The van der Waals surface area contributed by atoms with Crippen LogP contribution in [0.25, 0.3) is 0 Å². The summed E-state index contributed by atoms with van der Waals surface area (Å²) >= 11 is 1.32. The molecule has 0 saturated carbocycles. The van der Waals surface area contributed by atoms with E-state index in [0.29, 0.717) is 17.2 Å². The number of hydrogen-bond donors (Lipinski definition) is 0. The Morgan fingerprint density at radius 2 is 2.47 bits per heavy atom. The molecule has 1 aromatic heterocycles. The molecule has 0 radical (unpaired) electrons. The molecular weight excluding hydrogens is 214 g/mol. The quantitative estimate of drug-likeness (QED) is 0.570. The third-order valence-electron chi connectivity index (χ3n) is 1.74. The van der Waals surface area contributed by atoms with Gasteiger partial charge in [0.05, 0.1) is 7.11 Å². The SMILES string of the molecule is C=CCOc1ccsc1C(=O)N(C)OC. The van der Waals surface area contributed by atoms with Crippen LogP contribution in [0.1, 0.15) is 9.67 Å². The first-order valence-corrected chi connectivity index (χ1v) is 5.22. The summed E-state index contributed by atoms with van der Waals surface area (Å²) in [6.45, 7) is 3.93. The first-order valence-electron chi connectivity index (χ1n) is 4.34. The van der Waals surface area contributed by atoms with Gasteiger partial charge in [-0.05, 0) is 11.4 Å². The predicted octanol–water partition coefficient (Wildman–Crippen LogP) is 1.95. The lowest BCUT2D eigenvalue weighted by molar-refractivity contribution is -0.0755. The summed E-state index contributed by atoms with van der Waals surface area (Å²) in [6.07, 6.45) is 1.63. The van der Waals surface area contributed by atoms with Gasteiger partial charge in [-0.2, -0.15) is 0 Å². The fourth-order valence-corrected chi connectivity index (χ4v) is 1.74. The van der Waals surface area contributed by atoms with Crippen LogP contribution in [0.2, 0.25) is 0 Å². The van der Waals surface area contributed by atoms with Crippen LogP contribution in [-0.2, 0) is 4.84 Å². The minimum absolute atomic E-state index is 0.216. The number of hydroxylamine groups is 2. The van der Waals surface area contributed by atoms with E-state index in [9.17, 15) is 4.79 Å². The van der Waals surface area contributed by atoms with Crippen LogP contribution in [0.4, 0.5) is 0 Å². The Hall–Kier alpha value is -1.33. The lowest BCUT2D eigenvalue weighted by Crippen LogP contribution is -2.24. The maximum absolute atomic E-state index is 11.7. The topological polar surface area (TPSA) is 38.8 Å². The van der Waals surface area contributed by atoms with Crippen LogP contribution in [-0.4, -0.2) is 31.7 Å². The average molecular weight is 227 g/mol. The number of hydrogen-bond acceptors (Lipinski definition) is 4. The third kappa shape index (κ3) is 2.81. The highest BCUT2D eigenvalue weighted by molar-refractivity contribution is 7.12. The van der Waals surface area contributed by atoms with Crippen LogP contribution < -0.4 is 4.74 Å². The molecule has 0 aliphatic heterocycles. The molecule has 1 rings (SSSR count). The van der Waals surface area contributed by atoms with E-state index >= 15 is 0 Å². The van der Waals surface area contributed by atoms with E-state index in [4.69, 9.17) is 9.57 Å². The number of ether oxygens (including phenoxy) is 1. The molecule has 0 atom stereocenters. The Kier molecular flexibility index (Phi) is 4.33. The van der Waals surface area contributed by atoms with Gasteiger partial charge >= 0.3 is 0 Å². The molecule has 1 amide bonds. The molecule has 5 heteroatoms. The average Bonchev–Trinajstić information content (AvgIpc) is 2.72. The van der Waals surface area contributed by atoms with Crippen molar-refractivity contribution in [2.75, 3.05) is 20.8 Å². The van der Waals surface area contributed by atoms with E-state index < -0.39 is 0 Å². The summed E-state index contributed by atoms with van der Waals surface area (Å²) in [6, 6.07) is 1.75. The Balaban J connectivity index is 2.79. The summed E-state index contributed by atoms with van der Waals surface area (Å²) in [5.74, 6) is 0.348. The fourth-order valence-electron chi connectivity index (χ4n) is 0.942. The minimum atomic E-state index is -0.216. The molecule has 0 aromatic carbocycles. The summed E-state index contributed by atoms with van der Waals surface area (Å²) in [5, 5.41) is 2.96. The summed E-state index contributed by atoms with van der Waals surface area (Å²) in [5.41, 5.74) is 0. The van der Waals surface area contributed by atoms with Crippen LogP contribution in [0, 0.1) is 0 Å². The number of carbonyl (C=O) groups is 1. The van der Waals surface area contributed by atoms with Crippen LogP contribution >= 0.6 is 11.3 Å². The molecule has 0 aliphatic rings. The van der Waals surface area contributed by atoms with Crippen molar-refractivity contribution in [3.63, 3.8) is 0 Å². The van der Waals surface area contributed by atoms with Crippen LogP contribution in [0.3, 0.4) is 0 Å². The largest absolute Gasteiger partial charge is 0.488 e. The molecule has 0 bridgehead atoms. The highest BCUT2D eigenvalue weighted by atomic mass is 32.1. The molecule has 0 fully saturated rings. The number of nitrogens with zero attached hydrogens (tertiary/aromatic N) is 1. The van der Waals surface area contributed by atoms with Crippen molar-refractivity contribution >= 4 is 17.2 Å². The zero-order chi connectivity index (χ0) is 11.3. The van der Waals surface area contributed by atoms with Crippen molar-refractivity contribution < 1.29 is 14.4 Å². The molecule has 0 spiro atoms. The van der Waals surface area contributed by atoms with E-state index in [-0.39, 0.29) is 5.91 Å². The maximum Gasteiger partial charge on any atom is 0.291 e. The van der Waals surface area contributed by atoms with Gasteiger partial charge < -0.3 is 4.74 Å². The van der Waals surface area contributed by atoms with Gasteiger partial charge in [-0.25, -0.2) is 5.06 Å². The van der Waals surface area contributed by atoms with Gasteiger partial charge in [-0.15, -0.1) is 11.3 Å². The molecule has 1 aromatic rings. The van der Waals surface area contributed by atoms with Crippen molar-refractivity contribution in [2.45, 2.75) is 0 Å². The number of amides is 1. The first-order chi connectivity index (χ1) is 7.20. The summed E-state index contributed by atoms with van der Waals surface area (Å²) in [7, 11) is 3.00. The van der Waals surface area contributed by atoms with E-state index in [1.54, 1.807) is 24.6 Å². The van der Waals surface area contributed by atoms with Crippen molar-refractivity contribution in [1.82, 2.24) is 5.06 Å². The Morgan fingerprint density at radius 3 is 3.07 bits per heavy atom. The second kappa shape index (κ2) is 5.53. The van der Waals surface area contributed by atoms with Gasteiger partial charge in [0.15, 0.2) is 0 Å². The first kappa shape index (κ1) is 11.7. The molecule has 82 valence electrons. The molecule has 0 unspecified atom stereocenters. The van der Waals surface area contributed by atoms with Crippen molar-refractivity contribution in [3.8, 4) is 5.75 Å². The number of rotatable bonds is 5. The van der Waals surface area contributed by atoms with Gasteiger partial charge in [-0.1, -0.05) is 12.7 Å². The zero-order valence-electron chi connectivity index (χ0n) is 8.73. The normalized spacial score (nSPS) is 9.73. The molecular formula is C10H13NO3S. The number of carbonyl (C=O) groups excluding carboxylic acids is 1. The Bertz CT molecular complexity index is 348. The standard InChI is InChI=1S/C10H13NO3S/c1-4-6-14-8-5-7-15-9(8)10(12)11(2)13-3/h4-5,7H,1,6H2,2-3H3. The van der Waals surface area contributed by atoms with E-state index in [1.165, 1.54) is 18.4 Å². The lowest BCUT2D eigenvalue weighted by Gasteiger charge is -2.13. The van der Waals surface area contributed by atoms with Crippen molar-refractivity contribution in [2.24, 2.45) is 0 Å². The van der Waals surface area contributed by atoms with Gasteiger partial charge in [0, 0.05) is 7.05 Å². The Labute approximate surface area is 92.7 Å². The molecule has 0 aliphatic carbocycles. The van der Waals surface area contributed by atoms with E-state index in [2.05, 4.69) is 6.58 Å². The van der Waals surface area contributed by atoms with Gasteiger partial charge in [0.2, 0.25) is 0 Å². The molecule has 15 heavy (non-hydrogen) atoms. The van der Waals surface area contributed by atoms with E-state index in [1.807, 2.05) is 0 Å².